The molecule has 92 valence electrons. The summed E-state index contributed by atoms with van der Waals surface area (Å²) < 4.78 is 5.89. The maximum atomic E-state index is 5.89. The summed E-state index contributed by atoms with van der Waals surface area (Å²) in [5.41, 5.74) is 4.34. The van der Waals surface area contributed by atoms with Gasteiger partial charge in [-0.1, -0.05) is 54.6 Å². The third-order valence-corrected chi connectivity index (χ3v) is 4.39. The molecular weight excluding hydrogens is 240 g/mol. The van der Waals surface area contributed by atoms with Gasteiger partial charge in [0.1, 0.15) is 5.44 Å². The standard InChI is InChI=1S/C16H16OS/c1-2-6-13(7-3-1)12-18-16-15-9-5-4-8-14(15)10-11-17-16/h1-9,16H,10-12H2. The van der Waals surface area contributed by atoms with Crippen molar-refractivity contribution in [2.24, 2.45) is 0 Å². The van der Waals surface area contributed by atoms with Crippen LogP contribution < -0.4 is 0 Å². The Hall–Kier alpha value is -1.25. The second-order valence-corrected chi connectivity index (χ2v) is 5.50. The van der Waals surface area contributed by atoms with E-state index >= 15 is 0 Å². The summed E-state index contributed by atoms with van der Waals surface area (Å²) in [6, 6.07) is 19.2. The van der Waals surface area contributed by atoms with Crippen LogP contribution >= 0.6 is 11.8 Å². The third-order valence-electron chi connectivity index (χ3n) is 3.19. The van der Waals surface area contributed by atoms with Crippen LogP contribution in [0, 0.1) is 0 Å². The average Bonchev–Trinajstić information content (AvgIpc) is 2.46. The lowest BCUT2D eigenvalue weighted by Crippen LogP contribution is -2.13. The number of fused-ring (bicyclic) bond motifs is 1. The fraction of sp³-hybridized carbons (Fsp3) is 0.250. The fourth-order valence-corrected chi connectivity index (χ4v) is 3.38. The summed E-state index contributed by atoms with van der Waals surface area (Å²) in [7, 11) is 0. The Morgan fingerprint density at radius 1 is 1.00 bits per heavy atom. The van der Waals surface area contributed by atoms with Gasteiger partial charge in [0, 0.05) is 5.75 Å². The van der Waals surface area contributed by atoms with E-state index in [4.69, 9.17) is 4.74 Å². The first-order valence-electron chi connectivity index (χ1n) is 6.28. The molecule has 0 saturated carbocycles. The number of rotatable bonds is 3. The van der Waals surface area contributed by atoms with Crippen LogP contribution in [-0.4, -0.2) is 6.61 Å². The zero-order valence-electron chi connectivity index (χ0n) is 10.2. The van der Waals surface area contributed by atoms with E-state index in [0.29, 0.717) is 0 Å². The van der Waals surface area contributed by atoms with Crippen molar-refractivity contribution >= 4 is 11.8 Å². The van der Waals surface area contributed by atoms with Gasteiger partial charge in [-0.3, -0.25) is 0 Å². The minimum Gasteiger partial charge on any atom is -0.362 e. The highest BCUT2D eigenvalue weighted by Gasteiger charge is 2.20. The molecule has 0 aromatic heterocycles. The zero-order valence-corrected chi connectivity index (χ0v) is 11.0. The molecule has 2 heteroatoms. The highest BCUT2D eigenvalue weighted by atomic mass is 32.2. The topological polar surface area (TPSA) is 9.23 Å². The molecule has 1 atom stereocenters. The molecule has 3 rings (SSSR count). The first-order valence-corrected chi connectivity index (χ1v) is 7.33. The lowest BCUT2D eigenvalue weighted by atomic mass is 10.0. The van der Waals surface area contributed by atoms with Crippen molar-refractivity contribution < 1.29 is 4.74 Å². The fourth-order valence-electron chi connectivity index (χ4n) is 2.24. The SMILES string of the molecule is c1ccc(CSC2OCCc3ccccc32)cc1. The minimum atomic E-state index is 0.190. The molecule has 1 nitrogen and oxygen atoms in total. The Morgan fingerprint density at radius 3 is 2.67 bits per heavy atom. The van der Waals surface area contributed by atoms with E-state index in [1.807, 2.05) is 11.8 Å². The number of hydrogen-bond donors (Lipinski definition) is 0. The van der Waals surface area contributed by atoms with Crippen LogP contribution in [0.5, 0.6) is 0 Å². The largest absolute Gasteiger partial charge is 0.362 e. The molecule has 0 saturated heterocycles. The molecule has 0 bridgehead atoms. The molecule has 0 aliphatic carbocycles. The average molecular weight is 256 g/mol. The van der Waals surface area contributed by atoms with Crippen LogP contribution in [0.1, 0.15) is 22.1 Å². The van der Waals surface area contributed by atoms with E-state index in [-0.39, 0.29) is 5.44 Å². The lowest BCUT2D eigenvalue weighted by Gasteiger charge is -2.25. The molecule has 1 unspecified atom stereocenters. The van der Waals surface area contributed by atoms with Crippen LogP contribution in [0.25, 0.3) is 0 Å². The van der Waals surface area contributed by atoms with Crippen molar-refractivity contribution in [3.05, 3.63) is 71.3 Å². The Labute approximate surface area is 112 Å². The lowest BCUT2D eigenvalue weighted by molar-refractivity contribution is 0.103. The molecule has 2 aromatic carbocycles. The molecule has 1 heterocycles. The van der Waals surface area contributed by atoms with Gasteiger partial charge in [0.05, 0.1) is 6.61 Å². The first-order chi connectivity index (χ1) is 8.93. The van der Waals surface area contributed by atoms with Gasteiger partial charge in [0.25, 0.3) is 0 Å². The Bertz CT molecular complexity index is 510. The van der Waals surface area contributed by atoms with Crippen LogP contribution in [0.3, 0.4) is 0 Å². The van der Waals surface area contributed by atoms with Gasteiger partial charge >= 0.3 is 0 Å². The minimum absolute atomic E-state index is 0.190. The monoisotopic (exact) mass is 256 g/mol. The normalized spacial score (nSPS) is 18.3. The van der Waals surface area contributed by atoms with Gasteiger partial charge in [-0.15, -0.1) is 11.8 Å². The summed E-state index contributed by atoms with van der Waals surface area (Å²) in [6.45, 7) is 0.837. The number of hydrogen-bond acceptors (Lipinski definition) is 2. The zero-order chi connectivity index (χ0) is 12.2. The molecule has 0 spiro atoms. The first kappa shape index (κ1) is 11.8. The van der Waals surface area contributed by atoms with Gasteiger partial charge < -0.3 is 4.74 Å². The number of benzene rings is 2. The predicted octanol–water partition coefficient (Wildman–Crippen LogP) is 4.19. The summed E-state index contributed by atoms with van der Waals surface area (Å²) in [5.74, 6) is 1.000. The van der Waals surface area contributed by atoms with E-state index < -0.39 is 0 Å². The summed E-state index contributed by atoms with van der Waals surface area (Å²) in [5, 5.41) is 0. The van der Waals surface area contributed by atoms with Crippen LogP contribution in [0.2, 0.25) is 0 Å². The Morgan fingerprint density at radius 2 is 1.78 bits per heavy atom. The highest BCUT2D eigenvalue weighted by Crippen LogP contribution is 2.37. The molecule has 18 heavy (non-hydrogen) atoms. The van der Waals surface area contributed by atoms with Crippen molar-refractivity contribution in [1.29, 1.82) is 0 Å². The van der Waals surface area contributed by atoms with Gasteiger partial charge in [0.15, 0.2) is 0 Å². The number of thioether (sulfide) groups is 1. The van der Waals surface area contributed by atoms with Crippen molar-refractivity contribution in [3.8, 4) is 0 Å². The maximum absolute atomic E-state index is 5.89. The van der Waals surface area contributed by atoms with E-state index in [1.54, 1.807) is 0 Å². The van der Waals surface area contributed by atoms with Crippen LogP contribution in [-0.2, 0) is 16.9 Å². The second kappa shape index (κ2) is 5.59. The van der Waals surface area contributed by atoms with Crippen LogP contribution in [0.15, 0.2) is 54.6 Å². The van der Waals surface area contributed by atoms with Crippen molar-refractivity contribution in [2.45, 2.75) is 17.6 Å². The third kappa shape index (κ3) is 2.60. The van der Waals surface area contributed by atoms with Gasteiger partial charge in [0.2, 0.25) is 0 Å². The van der Waals surface area contributed by atoms with E-state index in [2.05, 4.69) is 54.6 Å². The van der Waals surface area contributed by atoms with Gasteiger partial charge in [-0.25, -0.2) is 0 Å². The second-order valence-electron chi connectivity index (χ2n) is 4.45. The molecular formula is C16H16OS. The van der Waals surface area contributed by atoms with Crippen molar-refractivity contribution in [1.82, 2.24) is 0 Å². The summed E-state index contributed by atoms with van der Waals surface area (Å²) in [4.78, 5) is 0. The maximum Gasteiger partial charge on any atom is 0.129 e. The highest BCUT2D eigenvalue weighted by molar-refractivity contribution is 7.98. The van der Waals surface area contributed by atoms with Crippen LogP contribution in [0.4, 0.5) is 0 Å². The molecule has 0 N–H and O–H groups in total. The Kier molecular flexibility index (Phi) is 3.67. The quantitative estimate of drug-likeness (QED) is 0.814. The van der Waals surface area contributed by atoms with E-state index in [0.717, 1.165) is 18.8 Å². The molecule has 0 amide bonds. The summed E-state index contributed by atoms with van der Waals surface area (Å²) in [6.07, 6.45) is 1.04. The van der Waals surface area contributed by atoms with E-state index in [1.165, 1.54) is 16.7 Å². The summed E-state index contributed by atoms with van der Waals surface area (Å²) >= 11 is 1.87. The van der Waals surface area contributed by atoms with E-state index in [9.17, 15) is 0 Å². The number of ether oxygens (including phenoxy) is 1. The van der Waals surface area contributed by atoms with Crippen molar-refractivity contribution in [2.75, 3.05) is 6.61 Å². The van der Waals surface area contributed by atoms with Crippen molar-refractivity contribution in [3.63, 3.8) is 0 Å². The molecule has 1 aliphatic rings. The van der Waals surface area contributed by atoms with Gasteiger partial charge in [-0.2, -0.15) is 0 Å². The molecule has 0 fully saturated rings. The molecule has 0 radical (unpaired) electrons. The predicted molar refractivity (Wildman–Crippen MR) is 76.6 cm³/mol. The molecule has 1 aliphatic heterocycles. The molecule has 2 aromatic rings. The Balaban J connectivity index is 1.71. The smallest absolute Gasteiger partial charge is 0.129 e. The van der Waals surface area contributed by atoms with Gasteiger partial charge in [-0.05, 0) is 23.1 Å².